The quantitative estimate of drug-likeness (QED) is 0.160. The van der Waals surface area contributed by atoms with Crippen LogP contribution in [0, 0.1) is 0 Å². The van der Waals surface area contributed by atoms with Gasteiger partial charge in [-0.05, 0) is 91.1 Å². The molecule has 0 N–H and O–H groups in total. The third-order valence-corrected chi connectivity index (χ3v) is 10.5. The maximum atomic E-state index is 9.83. The van der Waals surface area contributed by atoms with Gasteiger partial charge in [0.1, 0.15) is 0 Å². The van der Waals surface area contributed by atoms with Crippen molar-refractivity contribution < 1.29 is 11.0 Å². The minimum Gasteiger partial charge on any atom is -0.310 e. The van der Waals surface area contributed by atoms with Gasteiger partial charge >= 0.3 is 0 Å². The first kappa shape index (κ1) is 24.3. The molecule has 0 bridgehead atoms. The number of rotatable bonds is 7. The van der Waals surface area contributed by atoms with Crippen LogP contribution in [0.2, 0.25) is 0 Å². The van der Waals surface area contributed by atoms with Gasteiger partial charge < -0.3 is 4.90 Å². The summed E-state index contributed by atoms with van der Waals surface area (Å²) in [6.45, 7) is 0. The van der Waals surface area contributed by atoms with Gasteiger partial charge in [0.2, 0.25) is 0 Å². The molecule has 0 amide bonds. The molecule has 0 unspecified atom stereocenters. The summed E-state index contributed by atoms with van der Waals surface area (Å²) in [6, 6.07) is 53.5. The van der Waals surface area contributed by atoms with Crippen molar-refractivity contribution in [3.05, 3.63) is 247 Å². The van der Waals surface area contributed by atoms with E-state index in [1.54, 1.807) is 30.3 Å². The van der Waals surface area contributed by atoms with Crippen LogP contribution in [-0.4, -0.2) is 0 Å². The van der Waals surface area contributed by atoms with Crippen LogP contribution in [0.1, 0.15) is 33.2 Å². The molecule has 0 spiro atoms. The zero-order valence-corrected chi connectivity index (χ0v) is 29.2. The van der Waals surface area contributed by atoms with Gasteiger partial charge in [0.15, 0.2) is 0 Å². The van der Waals surface area contributed by atoms with Crippen LogP contribution in [0.15, 0.2) is 224 Å². The Hall–Kier alpha value is -6.96. The van der Waals surface area contributed by atoms with E-state index in [4.69, 9.17) is 0 Å². The summed E-state index contributed by atoms with van der Waals surface area (Å²) in [5, 5.41) is 1.65. The highest BCUT2D eigenvalue weighted by Crippen LogP contribution is 2.59. The second kappa shape index (κ2) is 13.2. The zero-order valence-electron chi connectivity index (χ0n) is 37.2. The first-order valence-corrected chi connectivity index (χ1v) is 18.0. The summed E-state index contributed by atoms with van der Waals surface area (Å²) in [5.41, 5.74) is 5.83. The SMILES string of the molecule is [2H]c1c([2H])c(N(c2cccc3c2-c2ccccc2C3(c2ccccc2)c2ccccc2)c2c([2H])c([2H])c(-c3cccc4ccccc34)c([2H])c2[2H])c([2H])c([2H])c1-c1ccccc1. The average molecular weight is 696 g/mol. The van der Waals surface area contributed by atoms with Gasteiger partial charge in [0, 0.05) is 16.9 Å². The second-order valence-electron chi connectivity index (χ2n) is 13.4. The molecular weight excluding hydrogens is 651 g/mol. The van der Waals surface area contributed by atoms with Gasteiger partial charge in [0.25, 0.3) is 0 Å². The third-order valence-electron chi connectivity index (χ3n) is 10.5. The van der Waals surface area contributed by atoms with Crippen molar-refractivity contribution in [1.29, 1.82) is 0 Å². The van der Waals surface area contributed by atoms with E-state index in [1.807, 2.05) is 109 Å². The molecular formula is C53H37N. The van der Waals surface area contributed by atoms with Gasteiger partial charge in [-0.1, -0.05) is 194 Å². The molecule has 0 aliphatic heterocycles. The van der Waals surface area contributed by atoms with Gasteiger partial charge in [-0.25, -0.2) is 0 Å². The van der Waals surface area contributed by atoms with Crippen LogP contribution < -0.4 is 4.90 Å². The Bertz CT molecular complexity index is 3120. The largest absolute Gasteiger partial charge is 0.310 e. The van der Waals surface area contributed by atoms with Crippen LogP contribution in [0.25, 0.3) is 44.2 Å². The third kappa shape index (κ3) is 5.09. The summed E-state index contributed by atoms with van der Waals surface area (Å²) in [6.07, 6.45) is 0. The van der Waals surface area contributed by atoms with Gasteiger partial charge in [-0.2, -0.15) is 0 Å². The van der Waals surface area contributed by atoms with Gasteiger partial charge in [-0.15, -0.1) is 0 Å². The summed E-state index contributed by atoms with van der Waals surface area (Å²) in [5.74, 6) is 0. The summed E-state index contributed by atoms with van der Waals surface area (Å²) >= 11 is 0. The lowest BCUT2D eigenvalue weighted by atomic mass is 9.68. The fourth-order valence-corrected chi connectivity index (χ4v) is 8.18. The van der Waals surface area contributed by atoms with Crippen molar-refractivity contribution in [2.45, 2.75) is 5.41 Å². The first-order valence-electron chi connectivity index (χ1n) is 22.0. The number of fused-ring (bicyclic) bond motifs is 4. The molecule has 254 valence electrons. The Balaban J connectivity index is 1.34. The van der Waals surface area contributed by atoms with E-state index in [0.29, 0.717) is 22.4 Å². The van der Waals surface area contributed by atoms with Crippen LogP contribution >= 0.6 is 0 Å². The molecule has 0 saturated carbocycles. The summed E-state index contributed by atoms with van der Waals surface area (Å²) in [7, 11) is 0. The first-order chi connectivity index (χ1) is 30.2. The lowest BCUT2D eigenvalue weighted by Gasteiger charge is -2.34. The average Bonchev–Trinajstić information content (AvgIpc) is 3.62. The fraction of sp³-hybridized carbons (Fsp3) is 0.0189. The van der Waals surface area contributed by atoms with E-state index >= 15 is 0 Å². The van der Waals surface area contributed by atoms with Gasteiger partial charge in [-0.3, -0.25) is 0 Å². The van der Waals surface area contributed by atoms with E-state index in [9.17, 15) is 11.0 Å². The normalized spacial score (nSPS) is 14.7. The Morgan fingerprint density at radius 2 is 0.870 bits per heavy atom. The molecule has 0 radical (unpaired) electrons. The Kier molecular flexibility index (Phi) is 5.95. The number of hydrogen-bond donors (Lipinski definition) is 0. The van der Waals surface area contributed by atoms with E-state index in [2.05, 4.69) is 36.4 Å². The molecule has 0 saturated heterocycles. The zero-order chi connectivity index (χ0) is 42.9. The Labute approximate surface area is 328 Å². The molecule has 1 heteroatoms. The van der Waals surface area contributed by atoms with E-state index in [0.717, 1.165) is 38.6 Å². The smallest absolute Gasteiger partial charge is 0.0714 e. The van der Waals surface area contributed by atoms with Gasteiger partial charge in [0.05, 0.1) is 22.1 Å². The Morgan fingerprint density at radius 1 is 0.370 bits per heavy atom. The second-order valence-corrected chi connectivity index (χ2v) is 13.4. The molecule has 1 aliphatic rings. The lowest BCUT2D eigenvalue weighted by Crippen LogP contribution is -2.28. The number of hydrogen-bond acceptors (Lipinski definition) is 1. The van der Waals surface area contributed by atoms with Crippen LogP contribution in [-0.2, 0) is 5.41 Å². The topological polar surface area (TPSA) is 3.24 Å². The number of nitrogens with zero attached hydrogens (tertiary/aromatic N) is 1. The fourth-order valence-electron chi connectivity index (χ4n) is 8.18. The number of anilines is 3. The summed E-state index contributed by atoms with van der Waals surface area (Å²) < 4.78 is 77.1. The minimum atomic E-state index is -0.852. The highest BCUT2D eigenvalue weighted by Gasteiger charge is 2.47. The maximum Gasteiger partial charge on any atom is 0.0714 e. The molecule has 10 rings (SSSR count). The Morgan fingerprint density at radius 3 is 1.56 bits per heavy atom. The summed E-state index contributed by atoms with van der Waals surface area (Å²) in [4.78, 5) is 1.45. The molecule has 9 aromatic carbocycles. The lowest BCUT2D eigenvalue weighted by molar-refractivity contribution is 0.768. The molecule has 1 aliphatic carbocycles. The predicted octanol–water partition coefficient (Wildman–Crippen LogP) is 14.0. The minimum absolute atomic E-state index is 0.117. The number of benzene rings is 9. The predicted molar refractivity (Wildman–Crippen MR) is 227 cm³/mol. The molecule has 9 aromatic rings. The van der Waals surface area contributed by atoms with Crippen molar-refractivity contribution in [2.24, 2.45) is 0 Å². The monoisotopic (exact) mass is 695 g/mol. The molecule has 0 heterocycles. The van der Waals surface area contributed by atoms with Crippen molar-refractivity contribution in [2.75, 3.05) is 4.90 Å². The van der Waals surface area contributed by atoms with E-state index < -0.39 is 5.41 Å². The standard InChI is InChI=1S/C53H37N/c1-4-16-38(17-5-1)39-30-34-44(35-31-39)54(45-36-32-41(33-37-45)47-26-14-19-40-18-10-11-24-46(40)47)51-29-15-28-50-52(51)48-25-12-13-27-49(48)53(50,42-20-6-2-7-21-42)43-22-8-3-9-23-43/h1-37H/i30D,31D,32D,33D,34D,35D,36D,37D. The molecule has 0 fully saturated rings. The van der Waals surface area contributed by atoms with Crippen molar-refractivity contribution in [1.82, 2.24) is 0 Å². The molecule has 0 atom stereocenters. The van der Waals surface area contributed by atoms with Crippen LogP contribution in [0.5, 0.6) is 0 Å². The van der Waals surface area contributed by atoms with Crippen molar-refractivity contribution in [3.63, 3.8) is 0 Å². The van der Waals surface area contributed by atoms with Crippen LogP contribution in [0.3, 0.4) is 0 Å². The molecule has 0 aromatic heterocycles. The highest BCUT2D eigenvalue weighted by atomic mass is 15.1. The molecule has 1 nitrogen and oxygen atoms in total. The van der Waals surface area contributed by atoms with Crippen LogP contribution in [0.4, 0.5) is 17.1 Å². The molecule has 54 heavy (non-hydrogen) atoms. The van der Waals surface area contributed by atoms with Crippen molar-refractivity contribution >= 4 is 27.8 Å². The van der Waals surface area contributed by atoms with E-state index in [-0.39, 0.29) is 70.8 Å². The highest BCUT2D eigenvalue weighted by molar-refractivity contribution is 5.99. The maximum absolute atomic E-state index is 9.83. The van der Waals surface area contributed by atoms with E-state index in [1.165, 1.54) is 4.90 Å². The van der Waals surface area contributed by atoms with Crippen molar-refractivity contribution in [3.8, 4) is 33.4 Å².